The van der Waals surface area contributed by atoms with Crippen LogP contribution in [0.4, 0.5) is 0 Å². The molecule has 0 spiro atoms. The molecule has 2 aromatic carbocycles. The fourth-order valence-corrected chi connectivity index (χ4v) is 5.21. The molecule has 0 saturated carbocycles. The first-order valence-corrected chi connectivity index (χ1v) is 15.5. The first kappa shape index (κ1) is 32.4. The van der Waals surface area contributed by atoms with Crippen molar-refractivity contribution < 1.29 is 0 Å². The van der Waals surface area contributed by atoms with Crippen LogP contribution in [0.5, 0.6) is 0 Å². The predicted octanol–water partition coefficient (Wildman–Crippen LogP) is 11.4. The summed E-state index contributed by atoms with van der Waals surface area (Å²) in [6.07, 6.45) is 33.4. The van der Waals surface area contributed by atoms with Crippen LogP contribution in [0.1, 0.15) is 81.0 Å². The number of rotatable bonds is 11. The van der Waals surface area contributed by atoms with E-state index in [9.17, 15) is 0 Å². The van der Waals surface area contributed by atoms with E-state index in [-0.39, 0.29) is 0 Å². The van der Waals surface area contributed by atoms with E-state index in [1.807, 2.05) is 39.0 Å². The zero-order valence-electron chi connectivity index (χ0n) is 26.2. The summed E-state index contributed by atoms with van der Waals surface area (Å²) in [4.78, 5) is 0. The molecule has 0 aromatic heterocycles. The molecule has 2 aliphatic carbocycles. The molecule has 0 heterocycles. The average molecular weight is 556 g/mol. The van der Waals surface area contributed by atoms with Crippen molar-refractivity contribution in [3.05, 3.63) is 168 Å². The van der Waals surface area contributed by atoms with Gasteiger partial charge < -0.3 is 5.32 Å². The van der Waals surface area contributed by atoms with Crippen LogP contribution in [0.2, 0.25) is 0 Å². The predicted molar refractivity (Wildman–Crippen MR) is 187 cm³/mol. The van der Waals surface area contributed by atoms with Gasteiger partial charge in [0.2, 0.25) is 0 Å². The summed E-state index contributed by atoms with van der Waals surface area (Å²) < 4.78 is 0. The molecular formula is C41H49N. The van der Waals surface area contributed by atoms with Crippen LogP contribution >= 0.6 is 0 Å². The monoisotopic (exact) mass is 555 g/mol. The van der Waals surface area contributed by atoms with Crippen LogP contribution in [0.15, 0.2) is 145 Å². The van der Waals surface area contributed by atoms with E-state index in [1.54, 1.807) is 0 Å². The molecule has 0 saturated heterocycles. The first-order chi connectivity index (χ1) is 20.6. The van der Waals surface area contributed by atoms with Gasteiger partial charge >= 0.3 is 0 Å². The van der Waals surface area contributed by atoms with Gasteiger partial charge in [-0.25, -0.2) is 0 Å². The van der Waals surface area contributed by atoms with Crippen molar-refractivity contribution in [2.75, 3.05) is 6.54 Å². The maximum absolute atomic E-state index is 3.79. The SMILES string of the molecule is C/C=C\C.C=CCC/C=C\CN/C=C(/C=C\C=C/C)c1cccc(C2=CC[C@@H](c3ccc(C)cc3)C3=C2CCC=C3)c1. The third kappa shape index (κ3) is 9.77. The number of aryl methyl sites for hydroxylation is 1. The molecule has 2 aromatic rings. The molecule has 0 amide bonds. The Morgan fingerprint density at radius 3 is 2.50 bits per heavy atom. The molecule has 4 rings (SSSR count). The van der Waals surface area contributed by atoms with Crippen LogP contribution in [-0.2, 0) is 0 Å². The Kier molecular flexibility index (Phi) is 14.2. The Morgan fingerprint density at radius 2 is 1.76 bits per heavy atom. The van der Waals surface area contributed by atoms with Crippen LogP contribution in [-0.4, -0.2) is 6.54 Å². The van der Waals surface area contributed by atoms with Gasteiger partial charge in [0, 0.05) is 18.7 Å². The number of hydrogen-bond donors (Lipinski definition) is 1. The maximum Gasteiger partial charge on any atom is 0.0325 e. The second kappa shape index (κ2) is 18.4. The lowest BCUT2D eigenvalue weighted by atomic mass is 9.74. The van der Waals surface area contributed by atoms with Crippen molar-refractivity contribution in [3.8, 4) is 0 Å². The Morgan fingerprint density at radius 1 is 0.952 bits per heavy atom. The topological polar surface area (TPSA) is 12.0 Å². The lowest BCUT2D eigenvalue weighted by Gasteiger charge is -2.30. The van der Waals surface area contributed by atoms with Gasteiger partial charge in [0.25, 0.3) is 0 Å². The third-order valence-electron chi connectivity index (χ3n) is 7.56. The summed E-state index contributed by atoms with van der Waals surface area (Å²) in [5.74, 6) is 0.442. The van der Waals surface area contributed by atoms with Crippen molar-refractivity contribution in [3.63, 3.8) is 0 Å². The van der Waals surface area contributed by atoms with Crippen molar-refractivity contribution in [1.82, 2.24) is 5.32 Å². The standard InChI is InChI=1S/C37H41N.C4H8/c1-4-6-8-9-13-26-38-28-33(15-10-7-5-2)31-16-14-17-32(27-31)35-25-24-34(30-22-20-29(3)21-23-30)36-18-11-12-19-37(35)36;1-3-4-2/h4-5,7,9-11,13-18,20-23,25,27-28,34,38H,1,6,8,12,19,24,26H2,2-3H3;3-4H,1-2H3/b7-5-,13-9-,15-10-,33-28-;4-3-/t34-;/m0./s1. The second-order valence-electron chi connectivity index (χ2n) is 10.7. The summed E-state index contributed by atoms with van der Waals surface area (Å²) in [7, 11) is 0. The first-order valence-electron chi connectivity index (χ1n) is 15.5. The molecule has 1 nitrogen and oxygen atoms in total. The fourth-order valence-electron chi connectivity index (χ4n) is 5.21. The van der Waals surface area contributed by atoms with Gasteiger partial charge in [0.1, 0.15) is 0 Å². The van der Waals surface area contributed by atoms with Gasteiger partial charge in [-0.05, 0) is 105 Å². The van der Waals surface area contributed by atoms with E-state index in [4.69, 9.17) is 0 Å². The molecule has 42 heavy (non-hydrogen) atoms. The van der Waals surface area contributed by atoms with Gasteiger partial charge in [0.05, 0.1) is 0 Å². The average Bonchev–Trinajstić information content (AvgIpc) is 3.03. The zero-order chi connectivity index (χ0) is 30.0. The minimum Gasteiger partial charge on any atom is -0.387 e. The van der Waals surface area contributed by atoms with Crippen LogP contribution in [0.3, 0.4) is 0 Å². The summed E-state index contributed by atoms with van der Waals surface area (Å²) in [5, 5.41) is 3.48. The highest BCUT2D eigenvalue weighted by Gasteiger charge is 2.26. The molecule has 0 radical (unpaired) electrons. The normalized spacial score (nSPS) is 17.1. The minimum atomic E-state index is 0.442. The van der Waals surface area contributed by atoms with E-state index in [1.165, 1.54) is 44.5 Å². The van der Waals surface area contributed by atoms with Crippen molar-refractivity contribution >= 4 is 11.1 Å². The Hall–Kier alpha value is -4.10. The fraction of sp³-hybridized carbons (Fsp3) is 0.268. The Labute approximate surface area is 255 Å². The van der Waals surface area contributed by atoms with Gasteiger partial charge in [-0.2, -0.15) is 0 Å². The van der Waals surface area contributed by atoms with E-state index >= 15 is 0 Å². The highest BCUT2D eigenvalue weighted by atomic mass is 14.8. The smallest absolute Gasteiger partial charge is 0.0325 e. The molecule has 1 heteroatoms. The van der Waals surface area contributed by atoms with Gasteiger partial charge in [-0.1, -0.05) is 121 Å². The number of nitrogens with one attached hydrogen (secondary N) is 1. The van der Waals surface area contributed by atoms with Gasteiger partial charge in [-0.3, -0.25) is 0 Å². The van der Waals surface area contributed by atoms with Gasteiger partial charge in [-0.15, -0.1) is 6.58 Å². The molecule has 0 fully saturated rings. The number of benzene rings is 2. The van der Waals surface area contributed by atoms with Crippen LogP contribution in [0.25, 0.3) is 11.1 Å². The Bertz CT molecular complexity index is 1380. The lowest BCUT2D eigenvalue weighted by molar-refractivity contribution is 0.782. The van der Waals surface area contributed by atoms with E-state index in [0.717, 1.165) is 38.6 Å². The van der Waals surface area contributed by atoms with E-state index in [2.05, 4.69) is 128 Å². The lowest BCUT2D eigenvalue weighted by Crippen LogP contribution is -2.12. The maximum atomic E-state index is 3.79. The highest BCUT2D eigenvalue weighted by molar-refractivity contribution is 5.85. The number of hydrogen-bond acceptors (Lipinski definition) is 1. The molecule has 0 bridgehead atoms. The van der Waals surface area contributed by atoms with E-state index < -0.39 is 0 Å². The molecule has 1 atom stereocenters. The second-order valence-corrected chi connectivity index (χ2v) is 10.7. The molecule has 2 aliphatic rings. The van der Waals surface area contributed by atoms with Crippen molar-refractivity contribution in [2.24, 2.45) is 0 Å². The number of allylic oxidation sites excluding steroid dienone is 15. The van der Waals surface area contributed by atoms with Crippen LogP contribution < -0.4 is 5.32 Å². The van der Waals surface area contributed by atoms with Crippen LogP contribution in [0, 0.1) is 6.92 Å². The zero-order valence-corrected chi connectivity index (χ0v) is 26.2. The largest absolute Gasteiger partial charge is 0.387 e. The molecule has 218 valence electrons. The quantitative estimate of drug-likeness (QED) is 0.165. The van der Waals surface area contributed by atoms with Crippen molar-refractivity contribution in [2.45, 2.75) is 65.7 Å². The summed E-state index contributed by atoms with van der Waals surface area (Å²) in [5.41, 5.74) is 10.9. The number of unbranched alkanes of at least 4 members (excludes halogenated alkanes) is 1. The summed E-state index contributed by atoms with van der Waals surface area (Å²) in [6.45, 7) is 12.8. The third-order valence-corrected chi connectivity index (χ3v) is 7.56. The molecule has 1 N–H and O–H groups in total. The van der Waals surface area contributed by atoms with Gasteiger partial charge in [0.15, 0.2) is 0 Å². The van der Waals surface area contributed by atoms with Crippen molar-refractivity contribution in [1.29, 1.82) is 0 Å². The Balaban J connectivity index is 0.00000114. The minimum absolute atomic E-state index is 0.442. The molecular weight excluding hydrogens is 506 g/mol. The molecule has 0 aliphatic heterocycles. The summed E-state index contributed by atoms with van der Waals surface area (Å²) >= 11 is 0. The van der Waals surface area contributed by atoms with E-state index in [0.29, 0.717) is 5.92 Å². The molecule has 0 unspecified atom stereocenters. The summed E-state index contributed by atoms with van der Waals surface area (Å²) in [6, 6.07) is 18.1. The highest BCUT2D eigenvalue weighted by Crippen LogP contribution is 2.45.